The van der Waals surface area contributed by atoms with Gasteiger partial charge in [0.2, 0.25) is 0 Å². The molecule has 0 fully saturated rings. The summed E-state index contributed by atoms with van der Waals surface area (Å²) in [4.78, 5) is 0. The maximum absolute atomic E-state index is 2.83. The van der Waals surface area contributed by atoms with Crippen molar-refractivity contribution in [2.45, 2.75) is 128 Å². The zero-order valence-corrected chi connectivity index (χ0v) is 18.3. The van der Waals surface area contributed by atoms with Crippen LogP contribution in [0, 0.1) is 0 Å². The lowest BCUT2D eigenvalue weighted by Gasteiger charge is -2.03. The Balaban J connectivity index is 0. The average Bonchev–Trinajstić information content (AvgIpc) is 2.50. The first-order chi connectivity index (χ1) is 10.4. The summed E-state index contributed by atoms with van der Waals surface area (Å²) in [5.41, 5.74) is 0. The van der Waals surface area contributed by atoms with Crippen molar-refractivity contribution in [2.24, 2.45) is 0 Å². The third-order valence-electron chi connectivity index (χ3n) is 4.56. The van der Waals surface area contributed by atoms with Crippen LogP contribution in [0.15, 0.2) is 0 Å². The fourth-order valence-electron chi connectivity index (χ4n) is 3.05. The SMILES string of the molecule is Br.CCCCCCCCCCCCCCCCCCC[CH2][Al]. The van der Waals surface area contributed by atoms with Crippen LogP contribution in [0.2, 0.25) is 5.28 Å². The van der Waals surface area contributed by atoms with Crippen molar-refractivity contribution in [3.8, 4) is 0 Å². The van der Waals surface area contributed by atoms with Gasteiger partial charge in [0.15, 0.2) is 0 Å². The second-order valence-corrected chi connectivity index (χ2v) is 7.38. The maximum Gasteiger partial charge on any atom is 0.118 e. The van der Waals surface area contributed by atoms with E-state index in [0.29, 0.717) is 0 Å². The van der Waals surface area contributed by atoms with Gasteiger partial charge < -0.3 is 0 Å². The Morgan fingerprint density at radius 3 is 0.864 bits per heavy atom. The highest BCUT2D eigenvalue weighted by atomic mass is 79.9. The number of rotatable bonds is 18. The van der Waals surface area contributed by atoms with Gasteiger partial charge in [-0.2, -0.15) is 0 Å². The van der Waals surface area contributed by atoms with Crippen LogP contribution in [0.4, 0.5) is 0 Å². The van der Waals surface area contributed by atoms with Crippen molar-refractivity contribution >= 4 is 33.3 Å². The van der Waals surface area contributed by atoms with Gasteiger partial charge in [0.1, 0.15) is 16.3 Å². The topological polar surface area (TPSA) is 0 Å². The van der Waals surface area contributed by atoms with Gasteiger partial charge in [-0.1, -0.05) is 122 Å². The second kappa shape index (κ2) is 24.3. The molecule has 0 aromatic heterocycles. The van der Waals surface area contributed by atoms with E-state index in [1.165, 1.54) is 121 Å². The normalized spacial score (nSPS) is 10.6. The van der Waals surface area contributed by atoms with Gasteiger partial charge >= 0.3 is 0 Å². The van der Waals surface area contributed by atoms with E-state index in [9.17, 15) is 0 Å². The molecule has 0 unspecified atom stereocenters. The minimum absolute atomic E-state index is 0. The molecule has 0 atom stereocenters. The van der Waals surface area contributed by atoms with Crippen molar-refractivity contribution in [1.29, 1.82) is 0 Å². The van der Waals surface area contributed by atoms with E-state index in [1.807, 2.05) is 0 Å². The number of unbranched alkanes of at least 4 members (excludes halogenated alkanes) is 17. The number of halogens is 1. The third-order valence-corrected chi connectivity index (χ3v) is 4.97. The molecule has 0 aromatic rings. The Labute approximate surface area is 160 Å². The molecule has 0 aromatic carbocycles. The maximum atomic E-state index is 2.83. The molecule has 0 aliphatic rings. The summed E-state index contributed by atoms with van der Waals surface area (Å²) < 4.78 is 0. The molecule has 0 nitrogen and oxygen atoms in total. The minimum atomic E-state index is 0. The van der Waals surface area contributed by atoms with Crippen LogP contribution < -0.4 is 0 Å². The molecule has 22 heavy (non-hydrogen) atoms. The molecule has 0 rings (SSSR count). The molecule has 0 bridgehead atoms. The van der Waals surface area contributed by atoms with Gasteiger partial charge in [0, 0.05) is 0 Å². The van der Waals surface area contributed by atoms with Crippen LogP contribution in [-0.2, 0) is 0 Å². The first-order valence-electron chi connectivity index (χ1n) is 10.1. The smallest absolute Gasteiger partial charge is 0.118 e. The van der Waals surface area contributed by atoms with E-state index in [4.69, 9.17) is 0 Å². The molecule has 0 saturated heterocycles. The summed E-state index contributed by atoms with van der Waals surface area (Å²) in [6.45, 7) is 2.30. The standard InChI is InChI=1S/C20H41.Al.BrH/c1-3-5-7-9-11-13-15-17-19-20-18-16-14-12-10-8-6-4-2;;/h1,3-20H2,2H3;;1H. The lowest BCUT2D eigenvalue weighted by molar-refractivity contribution is 0.526. The Morgan fingerprint density at radius 1 is 0.409 bits per heavy atom. The Morgan fingerprint density at radius 2 is 0.636 bits per heavy atom. The zero-order valence-electron chi connectivity index (χ0n) is 15.4. The summed E-state index contributed by atoms with van der Waals surface area (Å²) in [5, 5.41) is 1.29. The third kappa shape index (κ3) is 23.3. The molecular formula is C20H42AlBr. The van der Waals surface area contributed by atoms with E-state index < -0.39 is 0 Å². The first-order valence-corrected chi connectivity index (χ1v) is 10.9. The van der Waals surface area contributed by atoms with E-state index >= 15 is 0 Å². The van der Waals surface area contributed by atoms with Gasteiger partial charge in [-0.3, -0.25) is 0 Å². The van der Waals surface area contributed by atoms with Gasteiger partial charge in [-0.05, 0) is 0 Å². The monoisotopic (exact) mass is 388 g/mol. The highest BCUT2D eigenvalue weighted by molar-refractivity contribution is 8.93. The predicted octanol–water partition coefficient (Wildman–Crippen LogP) is 8.19. The highest BCUT2D eigenvalue weighted by Gasteiger charge is 1.94. The van der Waals surface area contributed by atoms with Crippen molar-refractivity contribution in [3.05, 3.63) is 0 Å². The lowest BCUT2D eigenvalue weighted by Crippen LogP contribution is -1.84. The van der Waals surface area contributed by atoms with Crippen molar-refractivity contribution < 1.29 is 0 Å². The largest absolute Gasteiger partial charge is 0.118 e. The molecule has 0 aliphatic carbocycles. The van der Waals surface area contributed by atoms with Crippen molar-refractivity contribution in [3.63, 3.8) is 0 Å². The van der Waals surface area contributed by atoms with Crippen molar-refractivity contribution in [2.75, 3.05) is 0 Å². The number of hydrogen-bond donors (Lipinski definition) is 0. The average molecular weight is 389 g/mol. The summed E-state index contributed by atoms with van der Waals surface area (Å²) in [5.74, 6) is 0. The fraction of sp³-hybridized carbons (Fsp3) is 1.00. The molecule has 0 N–H and O–H groups in total. The molecule has 2 radical (unpaired) electrons. The van der Waals surface area contributed by atoms with Gasteiger partial charge in [0.05, 0.1) is 0 Å². The summed E-state index contributed by atoms with van der Waals surface area (Å²) in [6.07, 6.45) is 26.4. The minimum Gasteiger partial charge on any atom is -0.118 e. The van der Waals surface area contributed by atoms with Gasteiger partial charge in [0.25, 0.3) is 0 Å². The Hall–Kier alpha value is 1.01. The van der Waals surface area contributed by atoms with Gasteiger partial charge in [-0.25, -0.2) is 0 Å². The second-order valence-electron chi connectivity index (χ2n) is 6.80. The predicted molar refractivity (Wildman–Crippen MR) is 110 cm³/mol. The summed E-state index contributed by atoms with van der Waals surface area (Å²) >= 11 is 2.83. The molecule has 0 saturated carbocycles. The molecular weight excluding hydrogens is 347 g/mol. The molecule has 0 aliphatic heterocycles. The molecule has 0 spiro atoms. The van der Waals surface area contributed by atoms with Gasteiger partial charge in [-0.15, -0.1) is 22.3 Å². The molecule has 0 heterocycles. The summed E-state index contributed by atoms with van der Waals surface area (Å²) in [6, 6.07) is 0. The quantitative estimate of drug-likeness (QED) is 0.164. The van der Waals surface area contributed by atoms with Crippen LogP contribution in [0.5, 0.6) is 0 Å². The van der Waals surface area contributed by atoms with Crippen LogP contribution in [0.25, 0.3) is 0 Å². The van der Waals surface area contributed by atoms with Crippen LogP contribution in [0.3, 0.4) is 0 Å². The van der Waals surface area contributed by atoms with Crippen LogP contribution in [0.1, 0.15) is 122 Å². The lowest BCUT2D eigenvalue weighted by atomic mass is 10.0. The zero-order chi connectivity index (χ0) is 15.4. The fourth-order valence-corrected chi connectivity index (χ4v) is 3.33. The highest BCUT2D eigenvalue weighted by Crippen LogP contribution is 2.14. The Kier molecular flexibility index (Phi) is 27.9. The van der Waals surface area contributed by atoms with E-state index in [-0.39, 0.29) is 17.0 Å². The van der Waals surface area contributed by atoms with Crippen LogP contribution in [-0.4, -0.2) is 16.3 Å². The summed E-state index contributed by atoms with van der Waals surface area (Å²) in [7, 11) is 0. The van der Waals surface area contributed by atoms with Crippen LogP contribution >= 0.6 is 17.0 Å². The number of hydrogen-bond acceptors (Lipinski definition) is 0. The molecule has 132 valence electrons. The Bertz CT molecular complexity index is 155. The van der Waals surface area contributed by atoms with E-state index in [0.717, 1.165) is 0 Å². The first kappa shape index (κ1) is 25.3. The van der Waals surface area contributed by atoms with Crippen molar-refractivity contribution in [1.82, 2.24) is 0 Å². The van der Waals surface area contributed by atoms with E-state index in [1.54, 1.807) is 0 Å². The van der Waals surface area contributed by atoms with E-state index in [2.05, 4.69) is 23.2 Å². The molecule has 0 amide bonds. The molecule has 2 heteroatoms.